The summed E-state index contributed by atoms with van der Waals surface area (Å²) in [6.45, 7) is 2.79. The van der Waals surface area contributed by atoms with Gasteiger partial charge in [-0.05, 0) is 36.4 Å². The van der Waals surface area contributed by atoms with Crippen molar-refractivity contribution in [2.24, 2.45) is 0 Å². The zero-order chi connectivity index (χ0) is 22.5. The zero-order valence-corrected chi connectivity index (χ0v) is 17.9. The third-order valence-electron chi connectivity index (χ3n) is 5.37. The van der Waals surface area contributed by atoms with Gasteiger partial charge < -0.3 is 19.9 Å². The van der Waals surface area contributed by atoms with Crippen LogP contribution in [0.5, 0.6) is 0 Å². The summed E-state index contributed by atoms with van der Waals surface area (Å²) >= 11 is 0. The van der Waals surface area contributed by atoms with Crippen molar-refractivity contribution < 1.29 is 14.3 Å². The summed E-state index contributed by atoms with van der Waals surface area (Å²) in [6, 6.07) is 14.5. The van der Waals surface area contributed by atoms with Gasteiger partial charge in [-0.25, -0.2) is 4.98 Å². The van der Waals surface area contributed by atoms with Crippen molar-refractivity contribution in [1.29, 1.82) is 0 Å². The second-order valence-corrected chi connectivity index (χ2v) is 7.64. The number of aromatic nitrogens is 2. The van der Waals surface area contributed by atoms with E-state index < -0.39 is 0 Å². The highest BCUT2D eigenvalue weighted by Crippen LogP contribution is 2.19. The average molecular weight is 435 g/mol. The molecule has 1 fully saturated rings. The SMILES string of the molecule is CN(CC(=O)Nc1ccc(N2CCOCC2)cc1)C(=O)Cn1cnc2ccccc2c1=O. The van der Waals surface area contributed by atoms with E-state index in [-0.39, 0.29) is 30.5 Å². The fraction of sp³-hybridized carbons (Fsp3) is 0.304. The van der Waals surface area contributed by atoms with Crippen molar-refractivity contribution in [2.45, 2.75) is 6.54 Å². The lowest BCUT2D eigenvalue weighted by Gasteiger charge is -2.28. The van der Waals surface area contributed by atoms with Gasteiger partial charge in [-0.2, -0.15) is 0 Å². The van der Waals surface area contributed by atoms with Gasteiger partial charge in [0, 0.05) is 31.5 Å². The van der Waals surface area contributed by atoms with Crippen LogP contribution in [0.15, 0.2) is 59.7 Å². The minimum Gasteiger partial charge on any atom is -0.378 e. The number of ether oxygens (including phenoxy) is 1. The molecule has 9 nitrogen and oxygen atoms in total. The molecule has 0 aliphatic carbocycles. The molecule has 1 aliphatic rings. The number of amides is 2. The topological polar surface area (TPSA) is 96.8 Å². The molecular formula is C23H25N5O4. The Hall–Kier alpha value is -3.72. The number of benzene rings is 2. The minimum absolute atomic E-state index is 0.125. The molecule has 1 saturated heterocycles. The molecule has 166 valence electrons. The fourth-order valence-electron chi connectivity index (χ4n) is 3.57. The lowest BCUT2D eigenvalue weighted by molar-refractivity contribution is -0.133. The Kier molecular flexibility index (Phi) is 6.46. The predicted octanol–water partition coefficient (Wildman–Crippen LogP) is 1.33. The Labute approximate surface area is 185 Å². The van der Waals surface area contributed by atoms with E-state index >= 15 is 0 Å². The number of morpholine rings is 1. The van der Waals surface area contributed by atoms with Crippen LogP contribution in [0.25, 0.3) is 10.9 Å². The highest BCUT2D eigenvalue weighted by molar-refractivity contribution is 5.94. The first-order chi connectivity index (χ1) is 15.5. The van der Waals surface area contributed by atoms with Crippen LogP contribution < -0.4 is 15.8 Å². The maximum atomic E-state index is 12.6. The number of rotatable bonds is 6. The van der Waals surface area contributed by atoms with E-state index in [2.05, 4.69) is 15.2 Å². The number of nitrogens with zero attached hydrogens (tertiary/aromatic N) is 4. The van der Waals surface area contributed by atoms with Gasteiger partial charge in [0.1, 0.15) is 6.54 Å². The average Bonchev–Trinajstić information content (AvgIpc) is 2.82. The molecule has 2 amide bonds. The summed E-state index contributed by atoms with van der Waals surface area (Å²) in [4.78, 5) is 45.2. The van der Waals surface area contributed by atoms with E-state index in [0.29, 0.717) is 29.8 Å². The fourth-order valence-corrected chi connectivity index (χ4v) is 3.57. The largest absolute Gasteiger partial charge is 0.378 e. The van der Waals surface area contributed by atoms with Gasteiger partial charge in [0.15, 0.2) is 0 Å². The van der Waals surface area contributed by atoms with Gasteiger partial charge in [-0.15, -0.1) is 0 Å². The minimum atomic E-state index is -0.359. The van der Waals surface area contributed by atoms with Crippen LogP contribution in [0.3, 0.4) is 0 Å². The van der Waals surface area contributed by atoms with Crippen molar-refractivity contribution in [3.05, 3.63) is 65.2 Å². The van der Waals surface area contributed by atoms with E-state index in [4.69, 9.17) is 4.74 Å². The summed E-state index contributed by atoms with van der Waals surface area (Å²) in [7, 11) is 1.53. The third-order valence-corrected chi connectivity index (χ3v) is 5.37. The van der Waals surface area contributed by atoms with E-state index in [1.807, 2.05) is 24.3 Å². The highest BCUT2D eigenvalue weighted by Gasteiger charge is 2.16. The number of carbonyl (C=O) groups is 2. The van der Waals surface area contributed by atoms with Crippen LogP contribution in [0, 0.1) is 0 Å². The molecule has 2 heterocycles. The van der Waals surface area contributed by atoms with Crippen LogP contribution in [0.2, 0.25) is 0 Å². The number of para-hydroxylation sites is 1. The van der Waals surface area contributed by atoms with Crippen molar-refractivity contribution in [3.8, 4) is 0 Å². The molecule has 1 aliphatic heterocycles. The van der Waals surface area contributed by atoms with Gasteiger partial charge in [-0.1, -0.05) is 12.1 Å². The summed E-state index contributed by atoms with van der Waals surface area (Å²) in [6.07, 6.45) is 1.35. The normalized spacial score (nSPS) is 13.7. The first kappa shape index (κ1) is 21.5. The standard InChI is InChI=1S/C23H25N5O4/c1-26(22(30)15-28-16-24-20-5-3-2-4-19(20)23(28)31)14-21(29)25-17-6-8-18(9-7-17)27-10-12-32-13-11-27/h2-9,16H,10-15H2,1H3,(H,25,29). The second-order valence-electron chi connectivity index (χ2n) is 7.64. The number of anilines is 2. The maximum absolute atomic E-state index is 12.6. The molecule has 0 saturated carbocycles. The van der Waals surface area contributed by atoms with Crippen LogP contribution >= 0.6 is 0 Å². The third kappa shape index (κ3) is 4.94. The van der Waals surface area contributed by atoms with Crippen LogP contribution in [0.1, 0.15) is 0 Å². The van der Waals surface area contributed by atoms with Gasteiger partial charge in [0.05, 0.1) is 37.0 Å². The summed E-state index contributed by atoms with van der Waals surface area (Å²) in [5.74, 6) is -0.675. The summed E-state index contributed by atoms with van der Waals surface area (Å²) < 4.78 is 6.62. The molecule has 1 aromatic heterocycles. The number of carbonyl (C=O) groups excluding carboxylic acids is 2. The number of nitrogens with one attached hydrogen (secondary N) is 1. The lowest BCUT2D eigenvalue weighted by Crippen LogP contribution is -2.38. The Morgan fingerprint density at radius 1 is 1.09 bits per heavy atom. The van der Waals surface area contributed by atoms with E-state index in [0.717, 1.165) is 18.8 Å². The van der Waals surface area contributed by atoms with Gasteiger partial charge >= 0.3 is 0 Å². The number of fused-ring (bicyclic) bond motifs is 1. The van der Waals surface area contributed by atoms with E-state index in [9.17, 15) is 14.4 Å². The monoisotopic (exact) mass is 435 g/mol. The molecule has 9 heteroatoms. The molecule has 0 bridgehead atoms. The van der Waals surface area contributed by atoms with Crippen molar-refractivity contribution in [1.82, 2.24) is 14.5 Å². The molecular weight excluding hydrogens is 410 g/mol. The van der Waals surface area contributed by atoms with Crippen molar-refractivity contribution in [3.63, 3.8) is 0 Å². The van der Waals surface area contributed by atoms with Crippen LogP contribution in [0.4, 0.5) is 11.4 Å². The lowest BCUT2D eigenvalue weighted by atomic mass is 10.2. The quantitative estimate of drug-likeness (QED) is 0.628. The van der Waals surface area contributed by atoms with E-state index in [1.54, 1.807) is 24.3 Å². The van der Waals surface area contributed by atoms with E-state index in [1.165, 1.54) is 22.8 Å². The number of hydrogen-bond acceptors (Lipinski definition) is 6. The Balaban J connectivity index is 1.32. The first-order valence-corrected chi connectivity index (χ1v) is 10.4. The molecule has 1 N–H and O–H groups in total. The Bertz CT molecular complexity index is 1170. The van der Waals surface area contributed by atoms with Gasteiger partial charge in [0.25, 0.3) is 5.56 Å². The summed E-state index contributed by atoms with van der Waals surface area (Å²) in [5.41, 5.74) is 2.02. The van der Waals surface area contributed by atoms with Crippen molar-refractivity contribution in [2.75, 3.05) is 50.1 Å². The molecule has 0 atom stereocenters. The maximum Gasteiger partial charge on any atom is 0.261 e. The molecule has 0 radical (unpaired) electrons. The van der Waals surface area contributed by atoms with Crippen molar-refractivity contribution >= 4 is 34.1 Å². The molecule has 2 aromatic carbocycles. The first-order valence-electron chi connectivity index (χ1n) is 10.4. The van der Waals surface area contributed by atoms with Gasteiger partial charge in [0.2, 0.25) is 11.8 Å². The molecule has 32 heavy (non-hydrogen) atoms. The smallest absolute Gasteiger partial charge is 0.261 e. The van der Waals surface area contributed by atoms with Gasteiger partial charge in [-0.3, -0.25) is 19.0 Å². The summed E-state index contributed by atoms with van der Waals surface area (Å²) in [5, 5.41) is 3.25. The molecule has 3 aromatic rings. The molecule has 0 spiro atoms. The molecule has 0 unspecified atom stereocenters. The Morgan fingerprint density at radius 2 is 1.81 bits per heavy atom. The second kappa shape index (κ2) is 9.61. The molecule has 4 rings (SSSR count). The number of likely N-dealkylation sites (N-methyl/N-ethyl adjacent to an activating group) is 1. The zero-order valence-electron chi connectivity index (χ0n) is 17.9. The Morgan fingerprint density at radius 3 is 2.56 bits per heavy atom. The number of hydrogen-bond donors (Lipinski definition) is 1. The highest BCUT2D eigenvalue weighted by atomic mass is 16.5. The predicted molar refractivity (Wildman–Crippen MR) is 122 cm³/mol. The van der Waals surface area contributed by atoms with Crippen LogP contribution in [-0.2, 0) is 20.9 Å². The van der Waals surface area contributed by atoms with Crippen LogP contribution in [-0.4, -0.2) is 66.2 Å².